The molecule has 0 aliphatic heterocycles. The predicted molar refractivity (Wildman–Crippen MR) is 137 cm³/mol. The van der Waals surface area contributed by atoms with Gasteiger partial charge in [-0.3, -0.25) is 9.59 Å². The number of thioether (sulfide) groups is 1. The van der Waals surface area contributed by atoms with Crippen LogP contribution >= 0.6 is 11.8 Å². The van der Waals surface area contributed by atoms with Crippen LogP contribution in [0.1, 0.15) is 38.4 Å². The van der Waals surface area contributed by atoms with E-state index in [0.29, 0.717) is 29.0 Å². The molecule has 0 spiro atoms. The van der Waals surface area contributed by atoms with Crippen molar-refractivity contribution in [2.75, 3.05) is 18.1 Å². The van der Waals surface area contributed by atoms with Crippen LogP contribution in [0, 0.1) is 6.92 Å². The molecule has 1 atom stereocenters. The summed E-state index contributed by atoms with van der Waals surface area (Å²) in [5.41, 5.74) is 1.61. The second-order valence-corrected chi connectivity index (χ2v) is 9.38. The summed E-state index contributed by atoms with van der Waals surface area (Å²) in [6, 6.07) is 12.7. The quantitative estimate of drug-likeness (QED) is 0.350. The van der Waals surface area contributed by atoms with Crippen LogP contribution in [-0.4, -0.2) is 48.1 Å². The first kappa shape index (κ1) is 23.8. The molecule has 0 aliphatic rings. The highest BCUT2D eigenvalue weighted by Gasteiger charge is 2.25. The molecule has 0 saturated carbocycles. The highest BCUT2D eigenvalue weighted by atomic mass is 32.2. The summed E-state index contributed by atoms with van der Waals surface area (Å²) < 4.78 is 4.90. The van der Waals surface area contributed by atoms with Gasteiger partial charge in [0.15, 0.2) is 5.82 Å². The number of carbonyl (C=O) groups is 1. The van der Waals surface area contributed by atoms with Crippen molar-refractivity contribution in [3.63, 3.8) is 0 Å². The maximum absolute atomic E-state index is 13.7. The van der Waals surface area contributed by atoms with Gasteiger partial charge in [0, 0.05) is 18.9 Å². The van der Waals surface area contributed by atoms with Gasteiger partial charge >= 0.3 is 0 Å². The fourth-order valence-corrected chi connectivity index (χ4v) is 4.69. The van der Waals surface area contributed by atoms with Crippen molar-refractivity contribution in [1.29, 1.82) is 0 Å². The number of aryl methyl sites for hydroxylation is 1. The Hall–Kier alpha value is -3.33. The second-order valence-electron chi connectivity index (χ2n) is 8.15. The molecule has 4 aromatic rings. The summed E-state index contributed by atoms with van der Waals surface area (Å²) >= 11 is 1.89. The third-order valence-electron chi connectivity index (χ3n) is 5.59. The molecule has 34 heavy (non-hydrogen) atoms. The number of rotatable bonds is 10. The molecule has 1 amide bonds. The molecule has 178 valence electrons. The van der Waals surface area contributed by atoms with Crippen molar-refractivity contribution in [1.82, 2.24) is 29.4 Å². The summed E-state index contributed by atoms with van der Waals surface area (Å²) in [5, 5.41) is 12.6. The van der Waals surface area contributed by atoms with E-state index in [-0.39, 0.29) is 11.5 Å². The molecule has 0 bridgehead atoms. The lowest BCUT2D eigenvalue weighted by Crippen LogP contribution is -2.38. The lowest BCUT2D eigenvalue weighted by molar-refractivity contribution is -0.124. The Labute approximate surface area is 203 Å². The minimum atomic E-state index is -0.739. The smallest absolute Gasteiger partial charge is 0.280 e. The zero-order valence-corrected chi connectivity index (χ0v) is 20.6. The Kier molecular flexibility index (Phi) is 7.52. The molecule has 3 aromatic heterocycles. The second kappa shape index (κ2) is 10.7. The van der Waals surface area contributed by atoms with Gasteiger partial charge in [-0.05, 0) is 62.5 Å². The lowest BCUT2D eigenvalue weighted by atomic mass is 10.2. The van der Waals surface area contributed by atoms with Gasteiger partial charge in [-0.15, -0.1) is 0 Å². The predicted octanol–water partition coefficient (Wildman–Crippen LogP) is 3.89. The molecule has 1 N–H and O–H groups in total. The van der Waals surface area contributed by atoms with Crippen LogP contribution in [0.15, 0.2) is 59.7 Å². The molecule has 4 rings (SSSR count). The van der Waals surface area contributed by atoms with E-state index in [1.165, 1.54) is 4.68 Å². The Balaban J connectivity index is 1.72. The van der Waals surface area contributed by atoms with Gasteiger partial charge < -0.3 is 9.88 Å². The number of para-hydroxylation sites is 1. The Morgan fingerprint density at radius 2 is 1.82 bits per heavy atom. The van der Waals surface area contributed by atoms with Gasteiger partial charge in [-0.25, -0.2) is 9.36 Å². The highest BCUT2D eigenvalue weighted by molar-refractivity contribution is 7.99. The van der Waals surface area contributed by atoms with Gasteiger partial charge in [0.25, 0.3) is 5.56 Å². The monoisotopic (exact) mass is 478 g/mol. The lowest BCUT2D eigenvalue weighted by Gasteiger charge is -2.15. The molecule has 1 aromatic carbocycles. The third-order valence-corrected chi connectivity index (χ3v) is 6.87. The first-order chi connectivity index (χ1) is 16.5. The number of nitrogens with one attached hydrogen (secondary N) is 1. The van der Waals surface area contributed by atoms with Crippen LogP contribution in [-0.2, 0) is 4.79 Å². The molecule has 8 nitrogen and oxygen atoms in total. The van der Waals surface area contributed by atoms with Gasteiger partial charge in [-0.2, -0.15) is 22.0 Å². The fourth-order valence-electron chi connectivity index (χ4n) is 3.85. The Morgan fingerprint density at radius 1 is 1.09 bits per heavy atom. The highest BCUT2D eigenvalue weighted by Crippen LogP contribution is 2.25. The van der Waals surface area contributed by atoms with Crippen molar-refractivity contribution in [3.8, 4) is 11.5 Å². The zero-order valence-electron chi connectivity index (χ0n) is 19.8. The molecule has 0 saturated heterocycles. The molecule has 1 unspecified atom stereocenters. The number of fused-ring (bicyclic) bond motifs is 1. The van der Waals surface area contributed by atoms with E-state index in [4.69, 9.17) is 5.10 Å². The largest absolute Gasteiger partial charge is 0.354 e. The van der Waals surface area contributed by atoms with Crippen LogP contribution in [0.25, 0.3) is 22.4 Å². The van der Waals surface area contributed by atoms with E-state index in [2.05, 4.69) is 17.3 Å². The number of hydrogen-bond acceptors (Lipinski definition) is 5. The third kappa shape index (κ3) is 4.79. The van der Waals surface area contributed by atoms with Crippen molar-refractivity contribution in [3.05, 3.63) is 70.9 Å². The van der Waals surface area contributed by atoms with Gasteiger partial charge in [0.1, 0.15) is 16.9 Å². The minimum absolute atomic E-state index is 0.216. The Bertz CT molecular complexity index is 1310. The van der Waals surface area contributed by atoms with Crippen LogP contribution in [0.2, 0.25) is 0 Å². The van der Waals surface area contributed by atoms with Crippen LogP contribution < -0.4 is 10.9 Å². The fraction of sp³-hybridized carbons (Fsp3) is 0.360. The van der Waals surface area contributed by atoms with E-state index < -0.39 is 6.04 Å². The molecule has 0 radical (unpaired) electrons. The number of carbonyl (C=O) groups excluding carboxylic acids is 1. The van der Waals surface area contributed by atoms with Crippen LogP contribution in [0.5, 0.6) is 0 Å². The molecule has 0 fully saturated rings. The summed E-state index contributed by atoms with van der Waals surface area (Å²) in [6.07, 6.45) is 5.80. The van der Waals surface area contributed by atoms with Crippen LogP contribution in [0.4, 0.5) is 0 Å². The van der Waals surface area contributed by atoms with E-state index in [0.717, 1.165) is 30.0 Å². The van der Waals surface area contributed by atoms with E-state index in [1.54, 1.807) is 11.6 Å². The van der Waals surface area contributed by atoms with Gasteiger partial charge in [-0.1, -0.05) is 25.1 Å². The minimum Gasteiger partial charge on any atom is -0.354 e. The summed E-state index contributed by atoms with van der Waals surface area (Å²) in [4.78, 5) is 26.5. The van der Waals surface area contributed by atoms with Crippen molar-refractivity contribution >= 4 is 28.6 Å². The van der Waals surface area contributed by atoms with Crippen molar-refractivity contribution < 1.29 is 4.79 Å². The molecule has 3 heterocycles. The number of nitrogens with zero attached hydrogens (tertiary/aromatic N) is 5. The van der Waals surface area contributed by atoms with Crippen LogP contribution in [0.3, 0.4) is 0 Å². The number of hydrogen-bond donors (Lipinski definition) is 1. The average Bonchev–Trinajstić information content (AvgIpc) is 3.52. The standard InChI is InChI=1S/C25H30N6O2S/c1-4-16-34-17-10-13-26-23(32)19(3)30-25(33)21-22(18(2)27-30)28-31(20-11-6-5-7-12-20)24(21)29-14-8-9-15-29/h5-9,11-12,14-15,19H,4,10,13,16-17H2,1-3H3,(H,26,32). The normalized spacial score (nSPS) is 12.2. The summed E-state index contributed by atoms with van der Waals surface area (Å²) in [7, 11) is 0. The molecular formula is C25H30N6O2S. The SMILES string of the molecule is CCCSCCCNC(=O)C(C)n1nc(C)c2nn(-c3ccccc3)c(-n3cccc3)c2c1=O. The van der Waals surface area contributed by atoms with Gasteiger partial charge in [0.05, 0.1) is 11.4 Å². The van der Waals surface area contributed by atoms with E-state index in [1.807, 2.05) is 78.1 Å². The Morgan fingerprint density at radius 3 is 2.53 bits per heavy atom. The van der Waals surface area contributed by atoms with Crippen molar-refractivity contribution in [2.45, 2.75) is 39.7 Å². The van der Waals surface area contributed by atoms with Crippen molar-refractivity contribution in [2.24, 2.45) is 0 Å². The number of amides is 1. The zero-order chi connectivity index (χ0) is 24.1. The number of aromatic nitrogens is 5. The first-order valence-electron chi connectivity index (χ1n) is 11.6. The molecule has 0 aliphatic carbocycles. The summed E-state index contributed by atoms with van der Waals surface area (Å²) in [6.45, 7) is 6.26. The van der Waals surface area contributed by atoms with E-state index in [9.17, 15) is 9.59 Å². The number of benzene rings is 1. The summed E-state index contributed by atoms with van der Waals surface area (Å²) in [5.74, 6) is 2.54. The maximum Gasteiger partial charge on any atom is 0.280 e. The average molecular weight is 479 g/mol. The molecular weight excluding hydrogens is 448 g/mol. The maximum atomic E-state index is 13.7. The topological polar surface area (TPSA) is 86.7 Å². The van der Waals surface area contributed by atoms with Gasteiger partial charge in [0.2, 0.25) is 5.91 Å². The van der Waals surface area contributed by atoms with E-state index >= 15 is 0 Å². The first-order valence-corrected chi connectivity index (χ1v) is 12.7. The molecule has 9 heteroatoms.